The first-order valence-corrected chi connectivity index (χ1v) is 7.25. The second kappa shape index (κ2) is 4.43. The second-order valence-corrected chi connectivity index (χ2v) is 6.02. The molecule has 0 atom stereocenters. The van der Waals surface area contributed by atoms with Crippen LogP contribution in [0, 0.1) is 0 Å². The number of hydrogen-bond acceptors (Lipinski definition) is 1. The van der Waals surface area contributed by atoms with Crippen LogP contribution in [0.3, 0.4) is 0 Å². The average Bonchev–Trinajstić information content (AvgIpc) is 2.96. The zero-order chi connectivity index (χ0) is 12.8. The van der Waals surface area contributed by atoms with Crippen molar-refractivity contribution in [2.24, 2.45) is 0 Å². The third kappa shape index (κ3) is 1.83. The molecule has 2 aromatic rings. The van der Waals surface area contributed by atoms with Crippen molar-refractivity contribution in [2.45, 2.75) is 44.4 Å². The molecule has 0 unspecified atom stereocenters. The molecule has 1 aromatic heterocycles. The van der Waals surface area contributed by atoms with Crippen molar-refractivity contribution in [1.82, 2.24) is 9.97 Å². The van der Waals surface area contributed by atoms with Crippen LogP contribution in [0.2, 0.25) is 10.0 Å². The predicted molar refractivity (Wildman–Crippen MR) is 76.6 cm³/mol. The van der Waals surface area contributed by atoms with E-state index in [1.165, 1.54) is 25.7 Å². The molecule has 0 amide bonds. The first-order chi connectivity index (χ1) is 8.64. The predicted octanol–water partition coefficient (Wildman–Crippen LogP) is 5.09. The maximum Gasteiger partial charge on any atom is 0.113 e. The molecule has 0 saturated heterocycles. The summed E-state index contributed by atoms with van der Waals surface area (Å²) in [5.41, 5.74) is 2.14. The maximum atomic E-state index is 6.05. The van der Waals surface area contributed by atoms with Gasteiger partial charge in [0.25, 0.3) is 0 Å². The summed E-state index contributed by atoms with van der Waals surface area (Å²) in [7, 11) is 0. The first-order valence-electron chi connectivity index (χ1n) is 6.50. The highest BCUT2D eigenvalue weighted by Gasteiger charge is 2.36. The van der Waals surface area contributed by atoms with Gasteiger partial charge in [-0.05, 0) is 31.4 Å². The molecule has 96 valence electrons. The molecule has 1 fully saturated rings. The molecule has 2 nitrogen and oxygen atoms in total. The fourth-order valence-electron chi connectivity index (χ4n) is 3.07. The highest BCUT2D eigenvalue weighted by atomic mass is 35.5. The van der Waals surface area contributed by atoms with Gasteiger partial charge in [0.15, 0.2) is 0 Å². The largest absolute Gasteiger partial charge is 0.341 e. The SMILES string of the molecule is CCC1(c2nc3cc(Cl)c(Cl)cc3[nH]2)CCCC1. The van der Waals surface area contributed by atoms with E-state index in [2.05, 4.69) is 11.9 Å². The van der Waals surface area contributed by atoms with Gasteiger partial charge < -0.3 is 4.98 Å². The summed E-state index contributed by atoms with van der Waals surface area (Å²) >= 11 is 12.1. The molecule has 18 heavy (non-hydrogen) atoms. The number of aromatic nitrogens is 2. The van der Waals surface area contributed by atoms with Crippen LogP contribution >= 0.6 is 23.2 Å². The molecule has 1 aromatic carbocycles. The Labute approximate surface area is 117 Å². The van der Waals surface area contributed by atoms with E-state index in [1.807, 2.05) is 12.1 Å². The fourth-order valence-corrected chi connectivity index (χ4v) is 3.39. The smallest absolute Gasteiger partial charge is 0.113 e. The number of nitrogens with zero attached hydrogens (tertiary/aromatic N) is 1. The molecule has 0 spiro atoms. The van der Waals surface area contributed by atoms with Crippen molar-refractivity contribution in [3.63, 3.8) is 0 Å². The lowest BCUT2D eigenvalue weighted by Gasteiger charge is -2.24. The zero-order valence-corrected chi connectivity index (χ0v) is 11.9. The Morgan fingerprint density at radius 2 is 1.89 bits per heavy atom. The molecule has 1 saturated carbocycles. The van der Waals surface area contributed by atoms with Crippen molar-refractivity contribution in [3.8, 4) is 0 Å². The van der Waals surface area contributed by atoms with E-state index in [4.69, 9.17) is 28.2 Å². The summed E-state index contributed by atoms with van der Waals surface area (Å²) in [6.07, 6.45) is 6.18. The van der Waals surface area contributed by atoms with Gasteiger partial charge in [0.05, 0.1) is 21.1 Å². The highest BCUT2D eigenvalue weighted by Crippen LogP contribution is 2.43. The number of nitrogens with one attached hydrogen (secondary N) is 1. The number of fused-ring (bicyclic) bond motifs is 1. The quantitative estimate of drug-likeness (QED) is 0.816. The third-order valence-corrected chi connectivity index (χ3v) is 4.99. The van der Waals surface area contributed by atoms with E-state index in [-0.39, 0.29) is 5.41 Å². The topological polar surface area (TPSA) is 28.7 Å². The summed E-state index contributed by atoms with van der Waals surface area (Å²) in [5.74, 6) is 1.11. The van der Waals surface area contributed by atoms with E-state index in [0.717, 1.165) is 23.3 Å². The molecule has 0 bridgehead atoms. The molecule has 4 heteroatoms. The number of hydrogen-bond donors (Lipinski definition) is 1. The number of halogens is 2. The molecule has 0 aliphatic heterocycles. The summed E-state index contributed by atoms with van der Waals surface area (Å²) < 4.78 is 0. The Hall–Kier alpha value is -0.730. The summed E-state index contributed by atoms with van der Waals surface area (Å²) in [4.78, 5) is 8.18. The van der Waals surface area contributed by atoms with Gasteiger partial charge in [-0.3, -0.25) is 0 Å². The van der Waals surface area contributed by atoms with Gasteiger partial charge >= 0.3 is 0 Å². The zero-order valence-electron chi connectivity index (χ0n) is 10.4. The monoisotopic (exact) mass is 282 g/mol. The Balaban J connectivity index is 2.13. The van der Waals surface area contributed by atoms with Crippen molar-refractivity contribution in [2.75, 3.05) is 0 Å². The van der Waals surface area contributed by atoms with Crippen LogP contribution in [0.1, 0.15) is 44.9 Å². The van der Waals surface area contributed by atoms with Gasteiger partial charge in [-0.1, -0.05) is 43.0 Å². The summed E-state index contributed by atoms with van der Waals surface area (Å²) in [5, 5.41) is 1.15. The Bertz CT molecular complexity index is 544. The van der Waals surface area contributed by atoms with Crippen LogP contribution < -0.4 is 0 Å². The van der Waals surface area contributed by atoms with Gasteiger partial charge in [0, 0.05) is 5.41 Å². The van der Waals surface area contributed by atoms with Crippen molar-refractivity contribution in [1.29, 1.82) is 0 Å². The summed E-state index contributed by atoms with van der Waals surface area (Å²) in [6, 6.07) is 3.71. The van der Waals surface area contributed by atoms with E-state index >= 15 is 0 Å². The molecule has 1 aliphatic carbocycles. The number of aromatic amines is 1. The van der Waals surface area contributed by atoms with Crippen molar-refractivity contribution >= 4 is 34.2 Å². The van der Waals surface area contributed by atoms with Crippen LogP contribution in [0.15, 0.2) is 12.1 Å². The van der Waals surface area contributed by atoms with Gasteiger partial charge in [-0.15, -0.1) is 0 Å². The molecular weight excluding hydrogens is 267 g/mol. The lowest BCUT2D eigenvalue weighted by molar-refractivity contribution is 0.403. The highest BCUT2D eigenvalue weighted by molar-refractivity contribution is 6.42. The maximum absolute atomic E-state index is 6.05. The molecular formula is C14H16Cl2N2. The lowest BCUT2D eigenvalue weighted by atomic mass is 9.83. The second-order valence-electron chi connectivity index (χ2n) is 5.21. The van der Waals surface area contributed by atoms with E-state index in [0.29, 0.717) is 10.0 Å². The average molecular weight is 283 g/mol. The molecule has 1 heterocycles. The van der Waals surface area contributed by atoms with Crippen LogP contribution in [0.4, 0.5) is 0 Å². The molecule has 1 N–H and O–H groups in total. The van der Waals surface area contributed by atoms with E-state index in [9.17, 15) is 0 Å². The van der Waals surface area contributed by atoms with Crippen LogP contribution in [0.5, 0.6) is 0 Å². The third-order valence-electron chi connectivity index (χ3n) is 4.26. The number of rotatable bonds is 2. The Morgan fingerprint density at radius 1 is 1.22 bits per heavy atom. The van der Waals surface area contributed by atoms with Crippen molar-refractivity contribution in [3.05, 3.63) is 28.0 Å². The first kappa shape index (κ1) is 12.3. The number of benzene rings is 1. The van der Waals surface area contributed by atoms with E-state index in [1.54, 1.807) is 0 Å². The minimum Gasteiger partial charge on any atom is -0.341 e. The van der Waals surface area contributed by atoms with Crippen LogP contribution in [-0.4, -0.2) is 9.97 Å². The van der Waals surface area contributed by atoms with E-state index < -0.39 is 0 Å². The molecule has 0 radical (unpaired) electrons. The van der Waals surface area contributed by atoms with Crippen molar-refractivity contribution < 1.29 is 0 Å². The Kier molecular flexibility index (Phi) is 3.03. The number of H-pyrrole nitrogens is 1. The van der Waals surface area contributed by atoms with Gasteiger partial charge in [-0.25, -0.2) is 4.98 Å². The standard InChI is InChI=1S/C14H16Cl2N2/c1-2-14(5-3-4-6-14)13-17-11-7-9(15)10(16)8-12(11)18-13/h7-8H,2-6H2,1H3,(H,17,18). The van der Waals surface area contributed by atoms with Gasteiger partial charge in [0.2, 0.25) is 0 Å². The minimum atomic E-state index is 0.234. The van der Waals surface area contributed by atoms with Crippen LogP contribution in [-0.2, 0) is 5.41 Å². The molecule has 3 rings (SSSR count). The lowest BCUT2D eigenvalue weighted by Crippen LogP contribution is -2.22. The van der Waals surface area contributed by atoms with Gasteiger partial charge in [-0.2, -0.15) is 0 Å². The normalized spacial score (nSPS) is 18.6. The Morgan fingerprint density at radius 3 is 2.56 bits per heavy atom. The summed E-state index contributed by atoms with van der Waals surface area (Å²) in [6.45, 7) is 2.25. The minimum absolute atomic E-state index is 0.234. The van der Waals surface area contributed by atoms with Crippen LogP contribution in [0.25, 0.3) is 11.0 Å². The number of imidazole rings is 1. The molecule has 1 aliphatic rings. The fraction of sp³-hybridized carbons (Fsp3) is 0.500. The van der Waals surface area contributed by atoms with Gasteiger partial charge in [0.1, 0.15) is 5.82 Å².